The molecule has 0 atom stereocenters. The van der Waals surface area contributed by atoms with Crippen molar-refractivity contribution in [1.82, 2.24) is 0 Å². The van der Waals surface area contributed by atoms with Crippen molar-refractivity contribution in [2.45, 2.75) is 105 Å². The van der Waals surface area contributed by atoms with Crippen LogP contribution in [0.5, 0.6) is 0 Å². The summed E-state index contributed by atoms with van der Waals surface area (Å²) < 4.78 is 33.1. The third kappa shape index (κ3) is 10.2. The van der Waals surface area contributed by atoms with Gasteiger partial charge in [0.25, 0.3) is 0 Å². The molecule has 0 aromatic carbocycles. The summed E-state index contributed by atoms with van der Waals surface area (Å²) in [6.07, 6.45) is 0. The lowest BCUT2D eigenvalue weighted by Crippen LogP contribution is -2.68. The molecule has 0 unspecified atom stereocenters. The third-order valence-electron chi connectivity index (χ3n) is 3.79. The molecule has 0 aromatic rings. The molecule has 0 radical (unpaired) electrons. The highest BCUT2D eigenvalue weighted by atomic mass is 28.5. The van der Waals surface area contributed by atoms with Crippen molar-refractivity contribution < 1.29 is 25.7 Å². The first kappa shape index (κ1) is 30.1. The van der Waals surface area contributed by atoms with Crippen LogP contribution in [0.2, 0.25) is 70.0 Å². The van der Waals surface area contributed by atoms with Crippen molar-refractivity contribution >= 4 is 48.5 Å². The van der Waals surface area contributed by atoms with Gasteiger partial charge >= 0.3 is 23.6 Å². The average Bonchev–Trinajstić information content (AvgIpc) is 2.39. The largest absolute Gasteiger partial charge is 0.639 e. The SMILES string of the molecule is C=C(C)C(=O)O[Si](O[Si](O[Si](C)(C)C)(O[Si](C)(C)C)O[Si](C)(C)C)(C(C)C)C(C)C. The zero-order chi connectivity index (χ0) is 24.3. The van der Waals surface area contributed by atoms with E-state index in [0.717, 1.165) is 0 Å². The molecule has 0 N–H and O–H groups in total. The zero-order valence-electron chi connectivity index (χ0n) is 21.8. The van der Waals surface area contributed by atoms with Crippen LogP contribution in [0, 0.1) is 0 Å². The summed E-state index contributed by atoms with van der Waals surface area (Å²) in [5.74, 6) is -0.430. The summed E-state index contributed by atoms with van der Waals surface area (Å²) in [5, 5.41) is 0. The van der Waals surface area contributed by atoms with Gasteiger partial charge in [-0.3, -0.25) is 0 Å². The van der Waals surface area contributed by atoms with Crippen LogP contribution in [0.4, 0.5) is 0 Å². The van der Waals surface area contributed by atoms with Crippen LogP contribution in [0.25, 0.3) is 0 Å². The molecule has 0 aromatic heterocycles. The second kappa shape index (κ2) is 10.4. The summed E-state index contributed by atoms with van der Waals surface area (Å²) in [6.45, 7) is 32.5. The number of carbonyl (C=O) groups excluding carboxylic acids is 1. The monoisotopic (exact) mass is 510 g/mol. The molecule has 0 aliphatic carbocycles. The molecule has 0 aliphatic rings. The first-order chi connectivity index (χ1) is 13.0. The maximum absolute atomic E-state index is 12.7. The van der Waals surface area contributed by atoms with Crippen LogP contribution in [-0.2, 0) is 25.7 Å². The summed E-state index contributed by atoms with van der Waals surface area (Å²) in [7, 11) is -13.2. The van der Waals surface area contributed by atoms with Crippen molar-refractivity contribution in [2.24, 2.45) is 0 Å². The number of rotatable bonds is 12. The van der Waals surface area contributed by atoms with Gasteiger partial charge in [-0.2, -0.15) is 0 Å². The Kier molecular flexibility index (Phi) is 10.4. The van der Waals surface area contributed by atoms with E-state index < -0.39 is 48.5 Å². The summed E-state index contributed by atoms with van der Waals surface area (Å²) in [5.41, 5.74) is 0.314. The van der Waals surface area contributed by atoms with Gasteiger partial charge in [0.2, 0.25) is 0 Å². The molecule has 0 saturated carbocycles. The quantitative estimate of drug-likeness (QED) is 0.224. The molecular weight excluding hydrogens is 465 g/mol. The van der Waals surface area contributed by atoms with Gasteiger partial charge < -0.3 is 20.9 Å². The topological polar surface area (TPSA) is 63.2 Å². The Hall–Kier alpha value is 0.134. The van der Waals surface area contributed by atoms with Crippen molar-refractivity contribution in [1.29, 1.82) is 0 Å². The second-order valence-corrected chi connectivity index (χ2v) is 32.3. The average molecular weight is 511 g/mol. The van der Waals surface area contributed by atoms with E-state index in [2.05, 4.69) is 65.5 Å². The smallest absolute Gasteiger partial charge is 0.491 e. The fourth-order valence-corrected chi connectivity index (χ4v) is 21.0. The van der Waals surface area contributed by atoms with Crippen molar-refractivity contribution in [3.05, 3.63) is 12.2 Å². The molecule has 0 heterocycles. The maximum Gasteiger partial charge on any atom is 0.639 e. The van der Waals surface area contributed by atoms with E-state index in [1.807, 2.05) is 27.7 Å². The molecule has 6 nitrogen and oxygen atoms in total. The van der Waals surface area contributed by atoms with Gasteiger partial charge in [0, 0.05) is 16.7 Å². The molecular formula is C19H46O6Si5. The van der Waals surface area contributed by atoms with E-state index in [1.165, 1.54) is 0 Å². The highest BCUT2D eigenvalue weighted by Crippen LogP contribution is 2.40. The van der Waals surface area contributed by atoms with Crippen LogP contribution >= 0.6 is 0 Å². The van der Waals surface area contributed by atoms with Crippen LogP contribution < -0.4 is 0 Å². The van der Waals surface area contributed by atoms with Gasteiger partial charge in [0.05, 0.1) is 0 Å². The molecule has 0 saturated heterocycles. The van der Waals surface area contributed by atoms with Gasteiger partial charge in [-0.1, -0.05) is 34.3 Å². The molecule has 0 rings (SSSR count). The van der Waals surface area contributed by atoms with E-state index in [-0.39, 0.29) is 11.1 Å². The Labute approximate surface area is 190 Å². The van der Waals surface area contributed by atoms with Gasteiger partial charge in [-0.15, -0.1) is 0 Å². The minimum atomic E-state index is -3.62. The van der Waals surface area contributed by atoms with E-state index >= 15 is 0 Å². The van der Waals surface area contributed by atoms with E-state index in [1.54, 1.807) is 6.92 Å². The van der Waals surface area contributed by atoms with E-state index in [0.29, 0.717) is 5.57 Å². The lowest BCUT2D eigenvalue weighted by molar-refractivity contribution is -0.132. The Morgan fingerprint density at radius 3 is 1.17 bits per heavy atom. The first-order valence-corrected chi connectivity index (χ1v) is 24.6. The van der Waals surface area contributed by atoms with Crippen LogP contribution in [-0.4, -0.2) is 48.5 Å². The Morgan fingerprint density at radius 2 is 0.967 bits per heavy atom. The normalized spacial score (nSPS) is 14.4. The Balaban J connectivity index is 6.75. The van der Waals surface area contributed by atoms with E-state index in [4.69, 9.17) is 20.9 Å². The predicted octanol–water partition coefficient (Wildman–Crippen LogP) is 6.37. The highest BCUT2D eigenvalue weighted by molar-refractivity contribution is 6.91. The lowest BCUT2D eigenvalue weighted by atomic mass is 10.4. The molecule has 0 fully saturated rings. The van der Waals surface area contributed by atoms with Gasteiger partial charge in [-0.05, 0) is 65.8 Å². The highest BCUT2D eigenvalue weighted by Gasteiger charge is 2.62. The van der Waals surface area contributed by atoms with Crippen LogP contribution in [0.15, 0.2) is 12.2 Å². The fourth-order valence-electron chi connectivity index (χ4n) is 2.84. The van der Waals surface area contributed by atoms with Gasteiger partial charge in [0.1, 0.15) is 0 Å². The van der Waals surface area contributed by atoms with Crippen molar-refractivity contribution in [3.63, 3.8) is 0 Å². The van der Waals surface area contributed by atoms with Crippen molar-refractivity contribution in [2.75, 3.05) is 0 Å². The minimum Gasteiger partial charge on any atom is -0.491 e. The van der Waals surface area contributed by atoms with Crippen molar-refractivity contribution in [3.8, 4) is 0 Å². The Morgan fingerprint density at radius 1 is 0.667 bits per heavy atom. The maximum atomic E-state index is 12.7. The second-order valence-electron chi connectivity index (χ2n) is 11.4. The lowest BCUT2D eigenvalue weighted by Gasteiger charge is -2.47. The van der Waals surface area contributed by atoms with Crippen LogP contribution in [0.3, 0.4) is 0 Å². The molecule has 178 valence electrons. The molecule has 30 heavy (non-hydrogen) atoms. The van der Waals surface area contributed by atoms with E-state index in [9.17, 15) is 4.79 Å². The zero-order valence-corrected chi connectivity index (χ0v) is 26.8. The Bertz CT molecular complexity index is 553. The summed E-state index contributed by atoms with van der Waals surface area (Å²) in [4.78, 5) is 12.7. The first-order valence-electron chi connectivity index (χ1n) is 10.7. The minimum absolute atomic E-state index is 0.0200. The number of hydrogen-bond acceptors (Lipinski definition) is 6. The van der Waals surface area contributed by atoms with Gasteiger partial charge in [0.15, 0.2) is 25.0 Å². The molecule has 0 bridgehead atoms. The van der Waals surface area contributed by atoms with Gasteiger partial charge in [-0.25, -0.2) is 4.79 Å². The number of carbonyl (C=O) groups is 1. The molecule has 11 heteroatoms. The standard InChI is InChI=1S/C19H46O6Si5/c1-16(2)19(20)21-29(17(3)4,18(5)6)25-30(22-26(7,8)9,23-27(10,11)12)24-28(13,14)15/h17-18H,1H2,2-15H3. The van der Waals surface area contributed by atoms with Crippen LogP contribution in [0.1, 0.15) is 34.6 Å². The molecule has 0 spiro atoms. The summed E-state index contributed by atoms with van der Waals surface area (Å²) in [6, 6.07) is 0. The summed E-state index contributed by atoms with van der Waals surface area (Å²) >= 11 is 0. The molecule has 0 amide bonds. The third-order valence-corrected chi connectivity index (χ3v) is 20.1. The number of hydrogen-bond donors (Lipinski definition) is 0. The fraction of sp³-hybridized carbons (Fsp3) is 0.842. The predicted molar refractivity (Wildman–Crippen MR) is 137 cm³/mol. The molecule has 0 aliphatic heterocycles.